The van der Waals surface area contributed by atoms with Crippen LogP contribution in [0.5, 0.6) is 0 Å². The van der Waals surface area contributed by atoms with Crippen molar-refractivity contribution in [3.63, 3.8) is 0 Å². The molecule has 3 rings (SSSR count). The molecular formula is C16H13FN4O3. The van der Waals surface area contributed by atoms with Crippen LogP contribution < -0.4 is 16.6 Å². The summed E-state index contributed by atoms with van der Waals surface area (Å²) in [5.74, 6) is -0.742. The summed E-state index contributed by atoms with van der Waals surface area (Å²) in [6.45, 7) is 1.85. The number of aryl methyl sites for hydroxylation is 1. The summed E-state index contributed by atoms with van der Waals surface area (Å²) >= 11 is 0. The van der Waals surface area contributed by atoms with Crippen molar-refractivity contribution < 1.29 is 9.18 Å². The number of halogens is 1. The topological polar surface area (TPSA) is 108 Å². The molecule has 2 aromatic heterocycles. The smallest absolute Gasteiger partial charge is 0.327 e. The van der Waals surface area contributed by atoms with Crippen LogP contribution in [0.25, 0.3) is 11.0 Å². The molecule has 0 aliphatic heterocycles. The highest BCUT2D eigenvalue weighted by Crippen LogP contribution is 2.10. The van der Waals surface area contributed by atoms with Crippen LogP contribution in [0.1, 0.15) is 21.5 Å². The molecule has 0 saturated carbocycles. The van der Waals surface area contributed by atoms with Crippen LogP contribution in [0.15, 0.2) is 40.1 Å². The van der Waals surface area contributed by atoms with Gasteiger partial charge in [-0.2, -0.15) is 0 Å². The highest BCUT2D eigenvalue weighted by Gasteiger charge is 2.10. The zero-order valence-electron chi connectivity index (χ0n) is 12.6. The van der Waals surface area contributed by atoms with E-state index in [0.717, 1.165) is 5.56 Å². The summed E-state index contributed by atoms with van der Waals surface area (Å²) in [7, 11) is 0. The quantitative estimate of drug-likeness (QED) is 0.666. The number of H-pyrrole nitrogens is 2. The average Bonchev–Trinajstić information content (AvgIpc) is 2.55. The fraction of sp³-hybridized carbons (Fsp3) is 0.125. The predicted octanol–water partition coefficient (Wildman–Crippen LogP) is 0.989. The number of pyridine rings is 1. The number of nitrogens with one attached hydrogen (secondary N) is 3. The van der Waals surface area contributed by atoms with Crippen molar-refractivity contribution in [2.45, 2.75) is 13.5 Å². The Morgan fingerprint density at radius 2 is 2.04 bits per heavy atom. The fourth-order valence-corrected chi connectivity index (χ4v) is 2.27. The maximum Gasteiger partial charge on any atom is 0.327 e. The molecule has 0 saturated heterocycles. The van der Waals surface area contributed by atoms with E-state index < -0.39 is 17.2 Å². The van der Waals surface area contributed by atoms with E-state index in [1.165, 1.54) is 18.3 Å². The van der Waals surface area contributed by atoms with Gasteiger partial charge >= 0.3 is 5.69 Å². The second kappa shape index (κ2) is 6.07. The molecule has 0 aliphatic carbocycles. The molecule has 0 radical (unpaired) electrons. The van der Waals surface area contributed by atoms with Crippen molar-refractivity contribution in [2.24, 2.45) is 0 Å². The van der Waals surface area contributed by atoms with Crippen molar-refractivity contribution >= 4 is 16.9 Å². The molecule has 0 atom stereocenters. The van der Waals surface area contributed by atoms with E-state index in [0.29, 0.717) is 5.56 Å². The first kappa shape index (κ1) is 15.6. The normalized spacial score (nSPS) is 10.8. The van der Waals surface area contributed by atoms with Crippen LogP contribution in [-0.4, -0.2) is 20.9 Å². The van der Waals surface area contributed by atoms with Crippen molar-refractivity contribution in [1.29, 1.82) is 0 Å². The maximum absolute atomic E-state index is 13.2. The molecule has 3 aromatic rings. The molecule has 0 aliphatic rings. The molecule has 8 heteroatoms. The summed E-state index contributed by atoms with van der Waals surface area (Å²) < 4.78 is 13.2. The maximum atomic E-state index is 13.2. The van der Waals surface area contributed by atoms with Crippen LogP contribution >= 0.6 is 0 Å². The van der Waals surface area contributed by atoms with Gasteiger partial charge in [-0.3, -0.25) is 19.6 Å². The zero-order valence-corrected chi connectivity index (χ0v) is 12.6. The molecule has 0 fully saturated rings. The lowest BCUT2D eigenvalue weighted by molar-refractivity contribution is 0.0950. The number of carbonyl (C=O) groups excluding carboxylic acids is 1. The largest absolute Gasteiger partial charge is 0.348 e. The predicted molar refractivity (Wildman–Crippen MR) is 85.3 cm³/mol. The third kappa shape index (κ3) is 3.07. The number of hydrogen-bond donors (Lipinski definition) is 3. The number of nitrogens with zero attached hydrogens (tertiary/aromatic N) is 1. The fourth-order valence-electron chi connectivity index (χ4n) is 2.27. The van der Waals surface area contributed by atoms with Gasteiger partial charge in [0.05, 0.1) is 10.9 Å². The Kier molecular flexibility index (Phi) is 3.95. The second-order valence-corrected chi connectivity index (χ2v) is 5.29. The molecule has 1 amide bonds. The first-order valence-electron chi connectivity index (χ1n) is 7.09. The van der Waals surface area contributed by atoms with Gasteiger partial charge in [0.25, 0.3) is 11.5 Å². The number of rotatable bonds is 3. The summed E-state index contributed by atoms with van der Waals surface area (Å²) in [5, 5.41) is 2.78. The Hall–Kier alpha value is -3.29. The Morgan fingerprint density at radius 3 is 2.79 bits per heavy atom. The van der Waals surface area contributed by atoms with Crippen molar-refractivity contribution in [3.05, 3.63) is 73.8 Å². The lowest BCUT2D eigenvalue weighted by Crippen LogP contribution is -2.25. The minimum absolute atomic E-state index is 0.106. The van der Waals surface area contributed by atoms with Gasteiger partial charge in [-0.1, -0.05) is 12.1 Å². The first-order valence-corrected chi connectivity index (χ1v) is 7.09. The summed E-state index contributed by atoms with van der Waals surface area (Å²) in [5.41, 5.74) is 0.241. The standard InChI is InChI=1S/C16H13FN4O3/c1-8-4-9(2-3-12(8)17)6-19-14(22)10-5-11-13(18-7-10)20-16(24)21-15(11)23/h2-5,7H,6H2,1H3,(H,19,22)(H2,18,20,21,23,24). The number of carbonyl (C=O) groups is 1. The summed E-state index contributed by atoms with van der Waals surface area (Å²) in [6, 6.07) is 5.91. The van der Waals surface area contributed by atoms with E-state index in [9.17, 15) is 18.8 Å². The number of amides is 1. The molecule has 3 N–H and O–H groups in total. The second-order valence-electron chi connectivity index (χ2n) is 5.29. The van der Waals surface area contributed by atoms with E-state index in [4.69, 9.17) is 0 Å². The van der Waals surface area contributed by atoms with E-state index in [1.807, 2.05) is 0 Å². The van der Waals surface area contributed by atoms with Gasteiger partial charge in [-0.05, 0) is 30.2 Å². The molecule has 0 bridgehead atoms. The Bertz CT molecular complexity index is 1060. The van der Waals surface area contributed by atoms with E-state index >= 15 is 0 Å². The van der Waals surface area contributed by atoms with Crippen LogP contribution in [0.3, 0.4) is 0 Å². The van der Waals surface area contributed by atoms with Crippen molar-refractivity contribution in [2.75, 3.05) is 0 Å². The average molecular weight is 328 g/mol. The number of fused-ring (bicyclic) bond motifs is 1. The van der Waals surface area contributed by atoms with E-state index in [2.05, 4.69) is 20.3 Å². The minimum atomic E-state index is -0.663. The van der Waals surface area contributed by atoms with Crippen LogP contribution in [0.4, 0.5) is 4.39 Å². The monoisotopic (exact) mass is 328 g/mol. The van der Waals surface area contributed by atoms with E-state index in [1.54, 1.807) is 19.1 Å². The molecule has 0 unspecified atom stereocenters. The number of benzene rings is 1. The van der Waals surface area contributed by atoms with Gasteiger partial charge in [0.1, 0.15) is 11.5 Å². The molecule has 122 valence electrons. The van der Waals surface area contributed by atoms with Gasteiger partial charge < -0.3 is 5.32 Å². The minimum Gasteiger partial charge on any atom is -0.348 e. The van der Waals surface area contributed by atoms with Crippen LogP contribution in [0, 0.1) is 12.7 Å². The first-order chi connectivity index (χ1) is 11.4. The Labute approximate surface area is 134 Å². The van der Waals surface area contributed by atoms with Gasteiger partial charge in [-0.25, -0.2) is 14.2 Å². The number of hydrogen-bond acceptors (Lipinski definition) is 4. The van der Waals surface area contributed by atoms with Crippen LogP contribution in [-0.2, 0) is 6.54 Å². The van der Waals surface area contributed by atoms with Crippen molar-refractivity contribution in [3.8, 4) is 0 Å². The van der Waals surface area contributed by atoms with Gasteiger partial charge in [0.2, 0.25) is 0 Å². The third-order valence-electron chi connectivity index (χ3n) is 3.53. The van der Waals surface area contributed by atoms with E-state index in [-0.39, 0.29) is 29.0 Å². The molecule has 2 heterocycles. The SMILES string of the molecule is Cc1cc(CNC(=O)c2cnc3[nH]c(=O)[nH]c(=O)c3c2)ccc1F. The Morgan fingerprint density at radius 1 is 1.25 bits per heavy atom. The zero-order chi connectivity index (χ0) is 17.3. The Balaban J connectivity index is 1.82. The van der Waals surface area contributed by atoms with Gasteiger partial charge in [0.15, 0.2) is 0 Å². The molecular weight excluding hydrogens is 315 g/mol. The summed E-state index contributed by atoms with van der Waals surface area (Å²) in [6.07, 6.45) is 1.27. The lowest BCUT2D eigenvalue weighted by Gasteiger charge is -2.07. The third-order valence-corrected chi connectivity index (χ3v) is 3.53. The van der Waals surface area contributed by atoms with Gasteiger partial charge in [0, 0.05) is 12.7 Å². The number of aromatic nitrogens is 3. The van der Waals surface area contributed by atoms with Crippen molar-refractivity contribution in [1.82, 2.24) is 20.3 Å². The van der Waals surface area contributed by atoms with Gasteiger partial charge in [-0.15, -0.1) is 0 Å². The van der Waals surface area contributed by atoms with Crippen LogP contribution in [0.2, 0.25) is 0 Å². The molecule has 7 nitrogen and oxygen atoms in total. The number of aromatic amines is 2. The molecule has 0 spiro atoms. The summed E-state index contributed by atoms with van der Waals surface area (Å²) in [4.78, 5) is 43.5. The highest BCUT2D eigenvalue weighted by molar-refractivity contribution is 5.96. The highest BCUT2D eigenvalue weighted by atomic mass is 19.1. The molecule has 1 aromatic carbocycles. The lowest BCUT2D eigenvalue weighted by atomic mass is 10.1. The molecule has 24 heavy (non-hydrogen) atoms.